The van der Waals surface area contributed by atoms with Gasteiger partial charge in [-0.05, 0) is 41.8 Å². The number of hydrogen-bond donors (Lipinski definition) is 0. The standard InChI is InChI=1S/C25H31ClN2O6/c1-31-20-15-17(16-21(32-2)24(20)33-3)5-10-22(29)27-11-13-28(14-12-27)23(25(30)34-4)18-6-8-19(26)9-7-18/h6-9,15-16,23H,5,10-14H2,1-4H3. The van der Waals surface area contributed by atoms with E-state index in [1.165, 1.54) is 7.11 Å². The molecule has 0 aromatic heterocycles. The number of nitrogens with zero attached hydrogens (tertiary/aromatic N) is 2. The lowest BCUT2D eigenvalue weighted by molar-refractivity contribution is -0.148. The van der Waals surface area contributed by atoms with Crippen molar-refractivity contribution in [2.24, 2.45) is 0 Å². The monoisotopic (exact) mass is 490 g/mol. The van der Waals surface area contributed by atoms with Crippen molar-refractivity contribution in [2.75, 3.05) is 54.6 Å². The Morgan fingerprint density at radius 1 is 0.912 bits per heavy atom. The van der Waals surface area contributed by atoms with E-state index in [9.17, 15) is 9.59 Å². The summed E-state index contributed by atoms with van der Waals surface area (Å²) in [7, 11) is 6.07. The molecule has 34 heavy (non-hydrogen) atoms. The summed E-state index contributed by atoms with van der Waals surface area (Å²) in [5, 5.41) is 0.606. The van der Waals surface area contributed by atoms with Gasteiger partial charge in [-0.25, -0.2) is 4.79 Å². The normalized spacial score (nSPS) is 14.9. The van der Waals surface area contributed by atoms with Gasteiger partial charge in [0.2, 0.25) is 11.7 Å². The molecular weight excluding hydrogens is 460 g/mol. The van der Waals surface area contributed by atoms with Crippen LogP contribution in [0.3, 0.4) is 0 Å². The minimum atomic E-state index is -0.529. The Bertz CT molecular complexity index is 964. The fourth-order valence-corrected chi connectivity index (χ4v) is 4.30. The van der Waals surface area contributed by atoms with Gasteiger partial charge in [0.05, 0.1) is 28.4 Å². The van der Waals surface area contributed by atoms with Crippen molar-refractivity contribution in [3.05, 3.63) is 52.5 Å². The Hall–Kier alpha value is -2.97. The van der Waals surface area contributed by atoms with Crippen LogP contribution in [0.1, 0.15) is 23.6 Å². The number of hydrogen-bond acceptors (Lipinski definition) is 7. The van der Waals surface area contributed by atoms with Crippen LogP contribution in [-0.2, 0) is 20.7 Å². The molecule has 0 bridgehead atoms. The zero-order chi connectivity index (χ0) is 24.7. The van der Waals surface area contributed by atoms with Gasteiger partial charge in [0.1, 0.15) is 6.04 Å². The highest BCUT2D eigenvalue weighted by atomic mass is 35.5. The average molecular weight is 491 g/mol. The second-order valence-electron chi connectivity index (χ2n) is 7.93. The van der Waals surface area contributed by atoms with Gasteiger partial charge in [-0.2, -0.15) is 0 Å². The summed E-state index contributed by atoms with van der Waals surface area (Å²) >= 11 is 6.00. The summed E-state index contributed by atoms with van der Waals surface area (Å²) in [6.45, 7) is 2.21. The Labute approximate surface area is 205 Å². The first-order valence-corrected chi connectivity index (χ1v) is 11.4. The third-order valence-electron chi connectivity index (χ3n) is 5.99. The summed E-state index contributed by atoms with van der Waals surface area (Å²) in [4.78, 5) is 29.3. The first-order chi connectivity index (χ1) is 16.4. The SMILES string of the molecule is COC(=O)C(c1ccc(Cl)cc1)N1CCN(C(=O)CCc2cc(OC)c(OC)c(OC)c2)CC1. The number of esters is 1. The summed E-state index contributed by atoms with van der Waals surface area (Å²) < 4.78 is 21.2. The highest BCUT2D eigenvalue weighted by Crippen LogP contribution is 2.38. The van der Waals surface area contributed by atoms with Crippen LogP contribution in [0, 0.1) is 0 Å². The second-order valence-corrected chi connectivity index (χ2v) is 8.36. The number of methoxy groups -OCH3 is 4. The topological polar surface area (TPSA) is 77.5 Å². The van der Waals surface area contributed by atoms with Crippen molar-refractivity contribution < 1.29 is 28.5 Å². The lowest BCUT2D eigenvalue weighted by Crippen LogP contribution is -2.51. The smallest absolute Gasteiger partial charge is 0.327 e. The Kier molecular flexibility index (Phi) is 9.01. The highest BCUT2D eigenvalue weighted by molar-refractivity contribution is 6.30. The first-order valence-electron chi connectivity index (χ1n) is 11.1. The number of benzene rings is 2. The Balaban J connectivity index is 1.61. The predicted molar refractivity (Wildman–Crippen MR) is 129 cm³/mol. The third kappa shape index (κ3) is 5.93. The van der Waals surface area contributed by atoms with Crippen LogP contribution in [0.2, 0.25) is 5.02 Å². The van der Waals surface area contributed by atoms with Gasteiger partial charge in [0.25, 0.3) is 0 Å². The maximum atomic E-state index is 12.9. The van der Waals surface area contributed by atoms with E-state index >= 15 is 0 Å². The third-order valence-corrected chi connectivity index (χ3v) is 6.25. The molecule has 2 aromatic rings. The molecule has 3 rings (SSSR count). The largest absolute Gasteiger partial charge is 0.493 e. The van der Waals surface area contributed by atoms with Crippen molar-refractivity contribution in [3.63, 3.8) is 0 Å². The fraction of sp³-hybridized carbons (Fsp3) is 0.440. The second kappa shape index (κ2) is 11.9. The lowest BCUT2D eigenvalue weighted by atomic mass is 10.0. The van der Waals surface area contributed by atoms with Gasteiger partial charge in [0.15, 0.2) is 11.5 Å². The van der Waals surface area contributed by atoms with Crippen LogP contribution in [0.15, 0.2) is 36.4 Å². The van der Waals surface area contributed by atoms with Crippen molar-refractivity contribution in [1.29, 1.82) is 0 Å². The molecule has 0 spiro atoms. The lowest BCUT2D eigenvalue weighted by Gasteiger charge is -2.38. The summed E-state index contributed by atoms with van der Waals surface area (Å²) in [6, 6.07) is 10.4. The molecule has 1 saturated heterocycles. The quantitative estimate of drug-likeness (QED) is 0.499. The minimum Gasteiger partial charge on any atom is -0.493 e. The Morgan fingerprint density at radius 3 is 2.00 bits per heavy atom. The molecule has 1 aliphatic rings. The molecule has 8 nitrogen and oxygen atoms in total. The average Bonchev–Trinajstić information content (AvgIpc) is 2.87. The van der Waals surface area contributed by atoms with E-state index in [0.29, 0.717) is 61.3 Å². The molecule has 1 amide bonds. The molecule has 0 radical (unpaired) electrons. The van der Waals surface area contributed by atoms with Crippen molar-refractivity contribution in [1.82, 2.24) is 9.80 Å². The number of aryl methyl sites for hydroxylation is 1. The molecule has 184 valence electrons. The highest BCUT2D eigenvalue weighted by Gasteiger charge is 2.32. The van der Waals surface area contributed by atoms with Gasteiger partial charge >= 0.3 is 5.97 Å². The van der Waals surface area contributed by atoms with Gasteiger partial charge < -0.3 is 23.8 Å². The molecule has 9 heteroatoms. The maximum Gasteiger partial charge on any atom is 0.327 e. The molecule has 1 heterocycles. The van der Waals surface area contributed by atoms with Crippen LogP contribution in [0.5, 0.6) is 17.2 Å². The molecule has 1 fully saturated rings. The number of carbonyl (C=O) groups is 2. The van der Waals surface area contributed by atoms with Crippen LogP contribution in [0.25, 0.3) is 0 Å². The van der Waals surface area contributed by atoms with E-state index in [1.54, 1.807) is 33.5 Å². The van der Waals surface area contributed by atoms with Crippen molar-refractivity contribution >= 4 is 23.5 Å². The van der Waals surface area contributed by atoms with E-state index in [-0.39, 0.29) is 11.9 Å². The number of carbonyl (C=O) groups excluding carboxylic acids is 2. The van der Waals surface area contributed by atoms with Crippen molar-refractivity contribution in [2.45, 2.75) is 18.9 Å². The maximum absolute atomic E-state index is 12.9. The molecule has 0 aliphatic carbocycles. The van der Waals surface area contributed by atoms with Crippen LogP contribution in [0.4, 0.5) is 0 Å². The summed E-state index contributed by atoms with van der Waals surface area (Å²) in [5.74, 6) is 1.39. The Morgan fingerprint density at radius 2 is 1.50 bits per heavy atom. The van der Waals surface area contributed by atoms with E-state index in [2.05, 4.69) is 0 Å². The number of rotatable bonds is 9. The van der Waals surface area contributed by atoms with Gasteiger partial charge in [-0.3, -0.25) is 9.69 Å². The van der Waals surface area contributed by atoms with Gasteiger partial charge in [0, 0.05) is 37.6 Å². The summed E-state index contributed by atoms with van der Waals surface area (Å²) in [6.07, 6.45) is 0.904. The van der Waals surface area contributed by atoms with E-state index in [0.717, 1.165) is 11.1 Å². The summed E-state index contributed by atoms with van der Waals surface area (Å²) in [5.41, 5.74) is 1.74. The van der Waals surface area contributed by atoms with Crippen LogP contribution in [-0.4, -0.2) is 76.3 Å². The van der Waals surface area contributed by atoms with Crippen LogP contribution >= 0.6 is 11.6 Å². The van der Waals surface area contributed by atoms with E-state index in [4.69, 9.17) is 30.5 Å². The van der Waals surface area contributed by atoms with Crippen molar-refractivity contribution in [3.8, 4) is 17.2 Å². The number of ether oxygens (including phenoxy) is 4. The number of halogens is 1. The molecule has 0 N–H and O–H groups in total. The van der Waals surface area contributed by atoms with Crippen LogP contribution < -0.4 is 14.2 Å². The molecule has 0 saturated carbocycles. The molecule has 1 unspecified atom stereocenters. The first kappa shape index (κ1) is 25.6. The van der Waals surface area contributed by atoms with Gasteiger partial charge in [-0.1, -0.05) is 23.7 Å². The molecular formula is C25H31ClN2O6. The zero-order valence-electron chi connectivity index (χ0n) is 20.0. The predicted octanol–water partition coefficient (Wildman–Crippen LogP) is 3.36. The zero-order valence-corrected chi connectivity index (χ0v) is 20.8. The van der Waals surface area contributed by atoms with Gasteiger partial charge in [-0.15, -0.1) is 0 Å². The fourth-order valence-electron chi connectivity index (χ4n) is 4.17. The molecule has 1 atom stereocenters. The molecule has 2 aromatic carbocycles. The van der Waals surface area contributed by atoms with E-state index in [1.807, 2.05) is 34.1 Å². The minimum absolute atomic E-state index is 0.0644. The molecule has 1 aliphatic heterocycles. The van der Waals surface area contributed by atoms with E-state index < -0.39 is 6.04 Å². The number of amides is 1. The number of piperazine rings is 1.